The lowest BCUT2D eigenvalue weighted by Gasteiger charge is -2.17. The van der Waals surface area contributed by atoms with Crippen LogP contribution < -0.4 is 15.8 Å². The highest BCUT2D eigenvalue weighted by atomic mass is 16.7. The van der Waals surface area contributed by atoms with E-state index in [0.29, 0.717) is 16.9 Å². The number of ether oxygens (including phenoxy) is 3. The van der Waals surface area contributed by atoms with Gasteiger partial charge in [0, 0.05) is 24.4 Å². The Morgan fingerprint density at radius 3 is 2.55 bits per heavy atom. The van der Waals surface area contributed by atoms with Crippen molar-refractivity contribution in [2.45, 2.75) is 12.2 Å². The van der Waals surface area contributed by atoms with Crippen LogP contribution in [0.2, 0.25) is 0 Å². The number of methoxy groups -OCH3 is 2. The van der Waals surface area contributed by atoms with Gasteiger partial charge in [-0.05, 0) is 23.8 Å². The maximum atomic E-state index is 12.1. The normalized spacial score (nSPS) is 17.3. The number of benzene rings is 3. The first-order valence-corrected chi connectivity index (χ1v) is 9.24. The van der Waals surface area contributed by atoms with Crippen LogP contribution >= 0.6 is 0 Å². The van der Waals surface area contributed by atoms with E-state index < -0.39 is 12.3 Å². The van der Waals surface area contributed by atoms with Crippen molar-refractivity contribution in [1.82, 2.24) is 0 Å². The molecular formula is C23H22N2O4. The second kappa shape index (κ2) is 7.85. The van der Waals surface area contributed by atoms with Crippen molar-refractivity contribution >= 4 is 23.0 Å². The third kappa shape index (κ3) is 3.50. The van der Waals surface area contributed by atoms with Crippen LogP contribution in [-0.2, 0) is 9.47 Å². The van der Waals surface area contributed by atoms with E-state index in [0.717, 1.165) is 22.6 Å². The molecule has 0 bridgehead atoms. The molecule has 4 rings (SSSR count). The van der Waals surface area contributed by atoms with E-state index in [1.165, 1.54) is 7.11 Å². The van der Waals surface area contributed by atoms with E-state index in [2.05, 4.69) is 17.4 Å². The molecule has 1 aliphatic rings. The fraction of sp³-hybridized carbons (Fsp3) is 0.174. The molecule has 0 amide bonds. The Hall–Kier alpha value is -3.51. The zero-order valence-corrected chi connectivity index (χ0v) is 16.2. The smallest absolute Gasteiger partial charge is 0.340 e. The largest absolute Gasteiger partial charge is 0.465 e. The molecule has 29 heavy (non-hydrogen) atoms. The van der Waals surface area contributed by atoms with Gasteiger partial charge in [-0.1, -0.05) is 42.5 Å². The molecule has 0 aromatic heterocycles. The highest BCUT2D eigenvalue weighted by Crippen LogP contribution is 2.44. The summed E-state index contributed by atoms with van der Waals surface area (Å²) in [5.74, 6) is 0.253. The number of fused-ring (bicyclic) bond motifs is 1. The van der Waals surface area contributed by atoms with Gasteiger partial charge in [0.15, 0.2) is 0 Å². The molecule has 6 heteroatoms. The number of nitrogen functional groups attached to an aromatic ring is 1. The summed E-state index contributed by atoms with van der Waals surface area (Å²) < 4.78 is 16.5. The minimum atomic E-state index is -0.458. The lowest BCUT2D eigenvalue weighted by atomic mass is 9.92. The molecule has 6 nitrogen and oxygen atoms in total. The number of hydrogen-bond acceptors (Lipinski definition) is 6. The van der Waals surface area contributed by atoms with Crippen LogP contribution in [0, 0.1) is 0 Å². The van der Waals surface area contributed by atoms with Crippen molar-refractivity contribution in [3.8, 4) is 5.75 Å². The number of rotatable bonds is 5. The number of para-hydroxylation sites is 1. The Bertz CT molecular complexity index is 1040. The third-order valence-corrected chi connectivity index (χ3v) is 5.03. The lowest BCUT2D eigenvalue weighted by Crippen LogP contribution is -2.21. The molecule has 0 fully saturated rings. The zero-order chi connectivity index (χ0) is 20.4. The van der Waals surface area contributed by atoms with E-state index in [-0.39, 0.29) is 5.92 Å². The molecule has 3 aromatic carbocycles. The quantitative estimate of drug-likeness (QED) is 0.499. The number of anilines is 3. The van der Waals surface area contributed by atoms with E-state index in [9.17, 15) is 4.79 Å². The van der Waals surface area contributed by atoms with Crippen LogP contribution in [0.25, 0.3) is 0 Å². The number of esters is 1. The Morgan fingerprint density at radius 1 is 1.03 bits per heavy atom. The van der Waals surface area contributed by atoms with Gasteiger partial charge in [-0.2, -0.15) is 0 Å². The van der Waals surface area contributed by atoms with Gasteiger partial charge in [0.05, 0.1) is 30.0 Å². The van der Waals surface area contributed by atoms with Gasteiger partial charge in [0.1, 0.15) is 5.75 Å². The molecule has 0 spiro atoms. The van der Waals surface area contributed by atoms with Crippen LogP contribution in [0.3, 0.4) is 0 Å². The van der Waals surface area contributed by atoms with Crippen molar-refractivity contribution in [3.63, 3.8) is 0 Å². The number of carbonyl (C=O) groups excluding carboxylic acids is 1. The average Bonchev–Trinajstić information content (AvgIpc) is 3.13. The fourth-order valence-electron chi connectivity index (χ4n) is 3.63. The molecule has 0 aliphatic carbocycles. The summed E-state index contributed by atoms with van der Waals surface area (Å²) in [6.45, 7) is 0. The summed E-state index contributed by atoms with van der Waals surface area (Å²) in [5, 5.41) is 3.23. The Morgan fingerprint density at radius 2 is 1.83 bits per heavy atom. The molecule has 1 heterocycles. The second-order valence-corrected chi connectivity index (χ2v) is 6.75. The van der Waals surface area contributed by atoms with Gasteiger partial charge in [-0.3, -0.25) is 0 Å². The highest BCUT2D eigenvalue weighted by Gasteiger charge is 2.35. The first-order chi connectivity index (χ1) is 14.1. The number of hydrogen-bond donors (Lipinski definition) is 2. The molecule has 148 valence electrons. The standard InChI is InChI=1S/C23H22N2O4/c1-27-22(26)17-9-6-10-18(24)21(17)25-15-11-12-16-19(13-15)29-23(28-2)20(16)14-7-4-3-5-8-14/h3-13,20,23,25H,24H2,1-2H3. The number of carbonyl (C=O) groups is 1. The molecule has 1 aliphatic heterocycles. The Kier molecular flexibility index (Phi) is 5.10. The van der Waals surface area contributed by atoms with Crippen molar-refractivity contribution in [2.75, 3.05) is 25.3 Å². The molecule has 0 saturated carbocycles. The first kappa shape index (κ1) is 18.8. The Balaban J connectivity index is 1.68. The first-order valence-electron chi connectivity index (χ1n) is 9.24. The van der Waals surface area contributed by atoms with Crippen molar-refractivity contribution in [3.05, 3.63) is 83.4 Å². The molecule has 0 saturated heterocycles. The summed E-state index contributed by atoms with van der Waals surface area (Å²) in [5.41, 5.74) is 10.3. The van der Waals surface area contributed by atoms with Gasteiger partial charge in [-0.15, -0.1) is 0 Å². The molecular weight excluding hydrogens is 368 g/mol. The lowest BCUT2D eigenvalue weighted by molar-refractivity contribution is -0.0470. The number of nitrogens with one attached hydrogen (secondary N) is 1. The SMILES string of the molecule is COC(=O)c1cccc(N)c1Nc1ccc2c(c1)OC(OC)C2c1ccccc1. The van der Waals surface area contributed by atoms with Gasteiger partial charge >= 0.3 is 5.97 Å². The maximum Gasteiger partial charge on any atom is 0.340 e. The van der Waals surface area contributed by atoms with Crippen LogP contribution in [-0.4, -0.2) is 26.5 Å². The predicted molar refractivity (Wildman–Crippen MR) is 112 cm³/mol. The minimum Gasteiger partial charge on any atom is -0.465 e. The molecule has 0 radical (unpaired) electrons. The van der Waals surface area contributed by atoms with E-state index in [1.807, 2.05) is 36.4 Å². The fourth-order valence-corrected chi connectivity index (χ4v) is 3.63. The van der Waals surface area contributed by atoms with Gasteiger partial charge in [0.25, 0.3) is 0 Å². The van der Waals surface area contributed by atoms with E-state index in [4.69, 9.17) is 19.9 Å². The second-order valence-electron chi connectivity index (χ2n) is 6.75. The summed E-state index contributed by atoms with van der Waals surface area (Å²) in [6, 6.07) is 21.1. The minimum absolute atomic E-state index is 0.0160. The topological polar surface area (TPSA) is 82.8 Å². The number of nitrogens with two attached hydrogens (primary N) is 1. The van der Waals surface area contributed by atoms with Crippen LogP contribution in [0.1, 0.15) is 27.4 Å². The molecule has 2 unspecified atom stereocenters. The maximum absolute atomic E-state index is 12.1. The highest BCUT2D eigenvalue weighted by molar-refractivity contribution is 5.99. The summed E-state index contributed by atoms with van der Waals surface area (Å²) in [4.78, 5) is 12.1. The third-order valence-electron chi connectivity index (χ3n) is 5.03. The van der Waals surface area contributed by atoms with E-state index >= 15 is 0 Å². The van der Waals surface area contributed by atoms with Crippen molar-refractivity contribution in [2.24, 2.45) is 0 Å². The average molecular weight is 390 g/mol. The zero-order valence-electron chi connectivity index (χ0n) is 16.2. The molecule has 3 N–H and O–H groups in total. The molecule has 2 atom stereocenters. The van der Waals surface area contributed by atoms with Gasteiger partial charge in [-0.25, -0.2) is 4.79 Å². The van der Waals surface area contributed by atoms with Crippen molar-refractivity contribution < 1.29 is 19.0 Å². The van der Waals surface area contributed by atoms with Crippen LogP contribution in [0.15, 0.2) is 66.7 Å². The molecule has 3 aromatic rings. The van der Waals surface area contributed by atoms with E-state index in [1.54, 1.807) is 25.3 Å². The predicted octanol–water partition coefficient (Wildman–Crippen LogP) is 4.30. The van der Waals surface area contributed by atoms with Gasteiger partial charge in [0.2, 0.25) is 6.29 Å². The van der Waals surface area contributed by atoms with Gasteiger partial charge < -0.3 is 25.3 Å². The monoisotopic (exact) mass is 390 g/mol. The van der Waals surface area contributed by atoms with Crippen LogP contribution in [0.5, 0.6) is 5.75 Å². The summed E-state index contributed by atoms with van der Waals surface area (Å²) >= 11 is 0. The Labute approximate surface area is 169 Å². The van der Waals surface area contributed by atoms with Crippen molar-refractivity contribution in [1.29, 1.82) is 0 Å². The summed E-state index contributed by atoms with van der Waals surface area (Å²) in [6.07, 6.45) is -0.407. The summed E-state index contributed by atoms with van der Waals surface area (Å²) in [7, 11) is 2.98. The van der Waals surface area contributed by atoms with Crippen LogP contribution in [0.4, 0.5) is 17.1 Å².